The second kappa shape index (κ2) is 5.56. The number of hydrogen-bond acceptors (Lipinski definition) is 2. The van der Waals surface area contributed by atoms with Gasteiger partial charge in [0.2, 0.25) is 0 Å². The summed E-state index contributed by atoms with van der Waals surface area (Å²) in [6.45, 7) is 0.810. The molecule has 1 aromatic rings. The van der Waals surface area contributed by atoms with Crippen LogP contribution in [0.1, 0.15) is 37.3 Å². The van der Waals surface area contributed by atoms with Gasteiger partial charge in [-0.3, -0.25) is 0 Å². The number of rotatable bonds is 4. The van der Waals surface area contributed by atoms with Crippen LogP contribution in [0.2, 0.25) is 0 Å². The van der Waals surface area contributed by atoms with Crippen molar-refractivity contribution in [3.05, 3.63) is 35.4 Å². The van der Waals surface area contributed by atoms with E-state index in [0.717, 1.165) is 31.9 Å². The molecule has 1 aliphatic heterocycles. The predicted molar refractivity (Wildman–Crippen MR) is 61.5 cm³/mol. The van der Waals surface area contributed by atoms with Crippen molar-refractivity contribution < 1.29 is 13.5 Å². The van der Waals surface area contributed by atoms with E-state index in [0.29, 0.717) is 12.0 Å². The Balaban J connectivity index is 1.91. The molecule has 0 amide bonds. The van der Waals surface area contributed by atoms with Crippen molar-refractivity contribution in [3.8, 4) is 0 Å². The van der Waals surface area contributed by atoms with Crippen LogP contribution in [0, 0.1) is 11.6 Å². The smallest absolute Gasteiger partial charge is 0.130 e. The van der Waals surface area contributed by atoms with Crippen molar-refractivity contribution in [1.82, 2.24) is 0 Å². The summed E-state index contributed by atoms with van der Waals surface area (Å²) in [5.41, 5.74) is 6.29. The van der Waals surface area contributed by atoms with Gasteiger partial charge in [-0.05, 0) is 31.7 Å². The van der Waals surface area contributed by atoms with E-state index in [-0.39, 0.29) is 12.1 Å². The van der Waals surface area contributed by atoms with Crippen LogP contribution in [-0.2, 0) is 4.74 Å². The second-order valence-electron chi connectivity index (χ2n) is 4.48. The van der Waals surface area contributed by atoms with Gasteiger partial charge in [0.25, 0.3) is 0 Å². The minimum absolute atomic E-state index is 0.254. The molecule has 1 fully saturated rings. The molecule has 1 aliphatic rings. The van der Waals surface area contributed by atoms with Crippen molar-refractivity contribution in [2.75, 3.05) is 6.61 Å². The summed E-state index contributed by atoms with van der Waals surface area (Å²) in [5.74, 6) is -1.14. The molecule has 0 spiro atoms. The summed E-state index contributed by atoms with van der Waals surface area (Å²) in [5, 5.41) is 0. The molecule has 0 radical (unpaired) electrons. The van der Waals surface area contributed by atoms with Crippen LogP contribution >= 0.6 is 0 Å². The molecule has 1 saturated heterocycles. The Kier molecular flexibility index (Phi) is 4.07. The van der Waals surface area contributed by atoms with Crippen molar-refractivity contribution in [3.63, 3.8) is 0 Å². The maximum Gasteiger partial charge on any atom is 0.130 e. The summed E-state index contributed by atoms with van der Waals surface area (Å²) in [7, 11) is 0. The number of hydrogen-bond donors (Lipinski definition) is 1. The van der Waals surface area contributed by atoms with Gasteiger partial charge < -0.3 is 10.5 Å². The van der Waals surface area contributed by atoms with Gasteiger partial charge >= 0.3 is 0 Å². The van der Waals surface area contributed by atoms with Crippen LogP contribution in [0.3, 0.4) is 0 Å². The Morgan fingerprint density at radius 1 is 1.41 bits per heavy atom. The molecule has 2 nitrogen and oxygen atoms in total. The second-order valence-corrected chi connectivity index (χ2v) is 4.48. The summed E-state index contributed by atoms with van der Waals surface area (Å²) in [6.07, 6.45) is 3.89. The van der Waals surface area contributed by atoms with E-state index >= 15 is 0 Å². The third-order valence-electron chi connectivity index (χ3n) is 3.19. The minimum atomic E-state index is -0.572. The van der Waals surface area contributed by atoms with Crippen LogP contribution in [0.5, 0.6) is 0 Å². The third-order valence-corrected chi connectivity index (χ3v) is 3.19. The van der Waals surface area contributed by atoms with Crippen LogP contribution < -0.4 is 5.73 Å². The van der Waals surface area contributed by atoms with Crippen LogP contribution in [0.4, 0.5) is 8.78 Å². The highest BCUT2D eigenvalue weighted by Crippen LogP contribution is 2.24. The highest BCUT2D eigenvalue weighted by atomic mass is 19.1. The average Bonchev–Trinajstić information content (AvgIpc) is 2.78. The Morgan fingerprint density at radius 2 is 2.24 bits per heavy atom. The van der Waals surface area contributed by atoms with E-state index in [9.17, 15) is 8.78 Å². The molecular formula is C13H17F2NO. The Bertz CT molecular complexity index is 378. The zero-order valence-corrected chi connectivity index (χ0v) is 9.66. The van der Waals surface area contributed by atoms with E-state index in [1.54, 1.807) is 0 Å². The Morgan fingerprint density at radius 3 is 2.88 bits per heavy atom. The lowest BCUT2D eigenvalue weighted by Crippen LogP contribution is -2.15. The lowest BCUT2D eigenvalue weighted by Gasteiger charge is -2.15. The molecule has 2 atom stereocenters. The molecule has 2 N–H and O–H groups in total. The van der Waals surface area contributed by atoms with E-state index in [1.165, 1.54) is 12.1 Å². The summed E-state index contributed by atoms with van der Waals surface area (Å²) in [4.78, 5) is 0. The fourth-order valence-corrected chi connectivity index (χ4v) is 2.20. The molecule has 2 unspecified atom stereocenters. The van der Waals surface area contributed by atoms with Gasteiger partial charge in [0.1, 0.15) is 11.6 Å². The molecule has 4 heteroatoms. The van der Waals surface area contributed by atoms with Crippen LogP contribution in [0.15, 0.2) is 18.2 Å². The van der Waals surface area contributed by atoms with Gasteiger partial charge in [0.15, 0.2) is 0 Å². The van der Waals surface area contributed by atoms with Gasteiger partial charge in [0.05, 0.1) is 6.10 Å². The van der Waals surface area contributed by atoms with Crippen LogP contribution in [-0.4, -0.2) is 12.7 Å². The lowest BCUT2D eigenvalue weighted by molar-refractivity contribution is 0.101. The number of ether oxygens (including phenoxy) is 1. The fraction of sp³-hybridized carbons (Fsp3) is 0.538. The van der Waals surface area contributed by atoms with E-state index < -0.39 is 11.6 Å². The van der Waals surface area contributed by atoms with Gasteiger partial charge in [-0.1, -0.05) is 6.07 Å². The molecule has 0 bridgehead atoms. The maximum absolute atomic E-state index is 13.5. The molecule has 1 aromatic carbocycles. The molecule has 2 rings (SSSR count). The summed E-state index contributed by atoms with van der Waals surface area (Å²) in [6, 6.07) is 3.15. The molecule has 0 aliphatic carbocycles. The molecule has 0 aromatic heterocycles. The molecule has 17 heavy (non-hydrogen) atoms. The standard InChI is InChI=1S/C13H17F2NO/c14-9-3-5-11(12(15)8-9)13(16)6-4-10-2-1-7-17-10/h3,5,8,10,13H,1-2,4,6-7,16H2. The van der Waals surface area contributed by atoms with E-state index in [4.69, 9.17) is 10.5 Å². The van der Waals surface area contributed by atoms with Crippen molar-refractivity contribution in [1.29, 1.82) is 0 Å². The molecular weight excluding hydrogens is 224 g/mol. The van der Waals surface area contributed by atoms with Crippen molar-refractivity contribution in [2.24, 2.45) is 5.73 Å². The summed E-state index contributed by atoms with van der Waals surface area (Å²) < 4.78 is 31.7. The first-order valence-corrected chi connectivity index (χ1v) is 5.99. The zero-order valence-electron chi connectivity index (χ0n) is 9.66. The monoisotopic (exact) mass is 241 g/mol. The molecule has 0 saturated carbocycles. The lowest BCUT2D eigenvalue weighted by atomic mass is 9.99. The normalized spacial score (nSPS) is 21.7. The van der Waals surface area contributed by atoms with E-state index in [1.807, 2.05) is 0 Å². The fourth-order valence-electron chi connectivity index (χ4n) is 2.20. The zero-order chi connectivity index (χ0) is 12.3. The molecule has 1 heterocycles. The first kappa shape index (κ1) is 12.5. The molecule has 94 valence electrons. The topological polar surface area (TPSA) is 35.2 Å². The predicted octanol–water partition coefficient (Wildman–Crippen LogP) is 2.92. The number of nitrogens with two attached hydrogens (primary N) is 1. The Hall–Kier alpha value is -1.00. The minimum Gasteiger partial charge on any atom is -0.378 e. The van der Waals surface area contributed by atoms with Gasteiger partial charge in [0, 0.05) is 24.3 Å². The van der Waals surface area contributed by atoms with E-state index in [2.05, 4.69) is 0 Å². The number of benzene rings is 1. The SMILES string of the molecule is NC(CCC1CCCO1)c1ccc(F)cc1F. The first-order valence-electron chi connectivity index (χ1n) is 5.99. The maximum atomic E-state index is 13.5. The largest absolute Gasteiger partial charge is 0.378 e. The van der Waals surface area contributed by atoms with Gasteiger partial charge in [-0.2, -0.15) is 0 Å². The van der Waals surface area contributed by atoms with Crippen molar-refractivity contribution >= 4 is 0 Å². The Labute approximate surface area is 99.8 Å². The van der Waals surface area contributed by atoms with Gasteiger partial charge in [-0.15, -0.1) is 0 Å². The summed E-state index contributed by atoms with van der Waals surface area (Å²) >= 11 is 0. The highest BCUT2D eigenvalue weighted by molar-refractivity contribution is 5.21. The first-order chi connectivity index (χ1) is 8.16. The van der Waals surface area contributed by atoms with Gasteiger partial charge in [-0.25, -0.2) is 8.78 Å². The van der Waals surface area contributed by atoms with Crippen LogP contribution in [0.25, 0.3) is 0 Å². The number of halogens is 2. The quantitative estimate of drug-likeness (QED) is 0.879. The third kappa shape index (κ3) is 3.23. The highest BCUT2D eigenvalue weighted by Gasteiger charge is 2.18. The van der Waals surface area contributed by atoms with Crippen molar-refractivity contribution in [2.45, 2.75) is 37.8 Å². The average molecular weight is 241 g/mol.